The molecule has 0 bridgehead atoms. The first-order chi connectivity index (χ1) is 13.7. The Hall–Kier alpha value is -3.87. The fourth-order valence-corrected chi connectivity index (χ4v) is 2.75. The first-order valence-electron chi connectivity index (χ1n) is 8.60. The van der Waals surface area contributed by atoms with Gasteiger partial charge in [-0.1, -0.05) is 18.2 Å². The lowest BCUT2D eigenvalue weighted by Gasteiger charge is -2.09. The molecule has 0 fully saturated rings. The van der Waals surface area contributed by atoms with E-state index in [2.05, 4.69) is 10.3 Å². The molecular weight excluding hydrogens is 360 g/mol. The molecule has 0 atom stereocenters. The smallest absolute Gasteiger partial charge is 0.339 e. The summed E-state index contributed by atoms with van der Waals surface area (Å²) in [6.45, 7) is -0.170. The number of furan rings is 2. The first-order valence-corrected chi connectivity index (χ1v) is 8.60. The van der Waals surface area contributed by atoms with Crippen LogP contribution in [0.25, 0.3) is 22.4 Å². The van der Waals surface area contributed by atoms with E-state index in [4.69, 9.17) is 13.6 Å². The molecule has 3 aromatic heterocycles. The molecule has 0 saturated heterocycles. The van der Waals surface area contributed by atoms with Crippen LogP contribution in [0.5, 0.6) is 0 Å². The molecule has 4 rings (SSSR count). The van der Waals surface area contributed by atoms with Crippen LogP contribution in [0, 0.1) is 0 Å². The van der Waals surface area contributed by atoms with E-state index < -0.39 is 18.5 Å². The number of nitrogens with one attached hydrogen (secondary N) is 1. The summed E-state index contributed by atoms with van der Waals surface area (Å²) in [6.07, 6.45) is 3.06. The van der Waals surface area contributed by atoms with E-state index >= 15 is 0 Å². The molecule has 0 aliphatic heterocycles. The molecule has 1 aromatic carbocycles. The van der Waals surface area contributed by atoms with Crippen molar-refractivity contribution in [3.8, 4) is 11.5 Å². The summed E-state index contributed by atoms with van der Waals surface area (Å²) in [6, 6.07) is 15.8. The standard InChI is InChI=1S/C21H16N2O5/c24-20(22-12-14-5-3-9-26-14)13-28-21(25)16-11-18(19-8-4-10-27-19)23-17-7-2-1-6-15(16)17/h1-11H,12-13H2,(H,22,24). The molecule has 0 unspecified atom stereocenters. The van der Waals surface area contributed by atoms with Crippen molar-refractivity contribution in [2.24, 2.45) is 0 Å². The van der Waals surface area contributed by atoms with Crippen molar-refractivity contribution >= 4 is 22.8 Å². The first kappa shape index (κ1) is 17.5. The highest BCUT2D eigenvalue weighted by Gasteiger charge is 2.17. The van der Waals surface area contributed by atoms with Gasteiger partial charge in [0.25, 0.3) is 5.91 Å². The number of hydrogen-bond donors (Lipinski definition) is 1. The van der Waals surface area contributed by atoms with Gasteiger partial charge in [-0.15, -0.1) is 0 Å². The predicted octanol–water partition coefficient (Wildman–Crippen LogP) is 3.56. The Balaban J connectivity index is 1.51. The van der Waals surface area contributed by atoms with E-state index in [9.17, 15) is 9.59 Å². The molecule has 1 amide bonds. The van der Waals surface area contributed by atoms with Crippen molar-refractivity contribution in [2.75, 3.05) is 6.61 Å². The van der Waals surface area contributed by atoms with Crippen molar-refractivity contribution in [1.29, 1.82) is 0 Å². The molecule has 0 aliphatic carbocycles. The predicted molar refractivity (Wildman–Crippen MR) is 100 cm³/mol. The average molecular weight is 376 g/mol. The van der Waals surface area contributed by atoms with Crippen molar-refractivity contribution in [1.82, 2.24) is 10.3 Å². The SMILES string of the molecule is O=C(COC(=O)c1cc(-c2ccco2)nc2ccccc12)NCc1ccco1. The summed E-state index contributed by atoms with van der Waals surface area (Å²) in [5.74, 6) is 0.118. The Morgan fingerprint density at radius 1 is 1.00 bits per heavy atom. The fourth-order valence-electron chi connectivity index (χ4n) is 2.75. The molecule has 7 nitrogen and oxygen atoms in total. The van der Waals surface area contributed by atoms with Gasteiger partial charge >= 0.3 is 5.97 Å². The maximum absolute atomic E-state index is 12.6. The molecule has 0 radical (unpaired) electrons. The number of carbonyl (C=O) groups excluding carboxylic acids is 2. The highest BCUT2D eigenvalue weighted by Crippen LogP contribution is 2.25. The van der Waals surface area contributed by atoms with Gasteiger partial charge in [-0.2, -0.15) is 0 Å². The Morgan fingerprint density at radius 3 is 2.61 bits per heavy atom. The maximum Gasteiger partial charge on any atom is 0.339 e. The van der Waals surface area contributed by atoms with Gasteiger partial charge < -0.3 is 18.9 Å². The highest BCUT2D eigenvalue weighted by molar-refractivity contribution is 6.05. The van der Waals surface area contributed by atoms with Gasteiger partial charge in [0.1, 0.15) is 11.5 Å². The summed E-state index contributed by atoms with van der Waals surface area (Å²) < 4.78 is 15.7. The fraction of sp³-hybridized carbons (Fsp3) is 0.0952. The quantitative estimate of drug-likeness (QED) is 0.517. The lowest BCUT2D eigenvalue weighted by atomic mass is 10.1. The third-order valence-corrected chi connectivity index (χ3v) is 4.08. The van der Waals surface area contributed by atoms with Crippen LogP contribution in [0.15, 0.2) is 76.0 Å². The number of para-hydroxylation sites is 1. The lowest BCUT2D eigenvalue weighted by Crippen LogP contribution is -2.28. The monoisotopic (exact) mass is 376 g/mol. The van der Waals surface area contributed by atoms with Crippen LogP contribution in [0.1, 0.15) is 16.1 Å². The normalized spacial score (nSPS) is 10.7. The number of rotatable bonds is 6. The Labute approximate surface area is 159 Å². The number of aromatic nitrogens is 1. The summed E-state index contributed by atoms with van der Waals surface area (Å²) >= 11 is 0. The van der Waals surface area contributed by atoms with Gasteiger partial charge in [-0.3, -0.25) is 4.79 Å². The van der Waals surface area contributed by atoms with Crippen LogP contribution in [-0.4, -0.2) is 23.5 Å². The van der Waals surface area contributed by atoms with Crippen molar-refractivity contribution in [3.05, 3.63) is 78.4 Å². The number of esters is 1. The molecule has 0 spiro atoms. The van der Waals surface area contributed by atoms with E-state index in [1.54, 1.807) is 42.5 Å². The molecule has 28 heavy (non-hydrogen) atoms. The number of benzene rings is 1. The molecule has 0 saturated carbocycles. The second-order valence-corrected chi connectivity index (χ2v) is 5.98. The minimum atomic E-state index is -0.612. The highest BCUT2D eigenvalue weighted by atomic mass is 16.5. The van der Waals surface area contributed by atoms with Crippen molar-refractivity contribution in [2.45, 2.75) is 6.54 Å². The van der Waals surface area contributed by atoms with Crippen molar-refractivity contribution in [3.63, 3.8) is 0 Å². The van der Waals surface area contributed by atoms with Crippen LogP contribution in [-0.2, 0) is 16.1 Å². The number of carbonyl (C=O) groups is 2. The Morgan fingerprint density at radius 2 is 1.82 bits per heavy atom. The maximum atomic E-state index is 12.6. The van der Waals surface area contributed by atoms with Crippen molar-refractivity contribution < 1.29 is 23.2 Å². The van der Waals surface area contributed by atoms with Gasteiger partial charge in [0.2, 0.25) is 0 Å². The second kappa shape index (κ2) is 7.79. The number of hydrogen-bond acceptors (Lipinski definition) is 6. The zero-order chi connectivity index (χ0) is 19.3. The van der Waals surface area contributed by atoms with Gasteiger partial charge in [0, 0.05) is 5.39 Å². The van der Waals surface area contributed by atoms with E-state index in [1.807, 2.05) is 12.1 Å². The van der Waals surface area contributed by atoms with Gasteiger partial charge in [-0.25, -0.2) is 9.78 Å². The van der Waals surface area contributed by atoms with E-state index in [-0.39, 0.29) is 6.54 Å². The van der Waals surface area contributed by atoms with Crippen LogP contribution in [0.4, 0.5) is 0 Å². The minimum Gasteiger partial charge on any atom is -0.467 e. The minimum absolute atomic E-state index is 0.226. The van der Waals surface area contributed by atoms with Crippen LogP contribution < -0.4 is 5.32 Å². The number of fused-ring (bicyclic) bond motifs is 1. The molecule has 1 N–H and O–H groups in total. The molecule has 0 aliphatic rings. The van der Waals surface area contributed by atoms with Crippen LogP contribution in [0.2, 0.25) is 0 Å². The number of nitrogens with zero attached hydrogens (tertiary/aromatic N) is 1. The van der Waals surface area contributed by atoms with Gasteiger partial charge in [0.15, 0.2) is 12.4 Å². The molecule has 7 heteroatoms. The summed E-state index contributed by atoms with van der Waals surface area (Å²) in [4.78, 5) is 29.1. The number of amides is 1. The Bertz CT molecular complexity index is 1100. The summed E-state index contributed by atoms with van der Waals surface area (Å²) in [7, 11) is 0. The number of ether oxygens (including phenoxy) is 1. The topological polar surface area (TPSA) is 94.6 Å². The van der Waals surface area contributed by atoms with Gasteiger partial charge in [0.05, 0.1) is 30.2 Å². The lowest BCUT2D eigenvalue weighted by molar-refractivity contribution is -0.124. The summed E-state index contributed by atoms with van der Waals surface area (Å²) in [5.41, 5.74) is 1.46. The molecule has 3 heterocycles. The molecular formula is C21H16N2O5. The average Bonchev–Trinajstić information content (AvgIpc) is 3.43. The third kappa shape index (κ3) is 3.78. The third-order valence-electron chi connectivity index (χ3n) is 4.08. The zero-order valence-electron chi connectivity index (χ0n) is 14.8. The van der Waals surface area contributed by atoms with E-state index in [0.29, 0.717) is 33.7 Å². The largest absolute Gasteiger partial charge is 0.467 e. The molecule has 140 valence electrons. The van der Waals surface area contributed by atoms with Crippen LogP contribution in [0.3, 0.4) is 0 Å². The number of pyridine rings is 1. The van der Waals surface area contributed by atoms with E-state index in [1.165, 1.54) is 12.5 Å². The second-order valence-electron chi connectivity index (χ2n) is 5.98. The summed E-state index contributed by atoms with van der Waals surface area (Å²) in [5, 5.41) is 3.26. The van der Waals surface area contributed by atoms with E-state index in [0.717, 1.165) is 0 Å². The molecule has 4 aromatic rings. The van der Waals surface area contributed by atoms with Crippen LogP contribution >= 0.6 is 0 Å². The zero-order valence-corrected chi connectivity index (χ0v) is 14.8. The van der Waals surface area contributed by atoms with Gasteiger partial charge in [-0.05, 0) is 36.4 Å². The Kier molecular flexibility index (Phi) is 4.88.